The van der Waals surface area contributed by atoms with Crippen LogP contribution in [-0.2, 0) is 10.0 Å². The number of rotatable bonds is 5. The Labute approximate surface area is 124 Å². The van der Waals surface area contributed by atoms with Gasteiger partial charge in [-0.3, -0.25) is 4.79 Å². The topological polar surface area (TPSA) is 95.5 Å². The first-order chi connectivity index (χ1) is 9.89. The third-order valence-electron chi connectivity index (χ3n) is 2.76. The number of aliphatic hydroxyl groups excluding tert-OH is 1. The van der Waals surface area contributed by atoms with Crippen LogP contribution in [0.4, 0.5) is 0 Å². The second-order valence-corrected chi connectivity index (χ2v) is 6.31. The predicted molar refractivity (Wildman–Crippen MR) is 80.3 cm³/mol. The normalized spacial score (nSPS) is 10.6. The van der Waals surface area contributed by atoms with E-state index in [4.69, 9.17) is 5.11 Å². The summed E-state index contributed by atoms with van der Waals surface area (Å²) in [4.78, 5) is 12.0. The fourth-order valence-corrected chi connectivity index (χ4v) is 2.16. The van der Waals surface area contributed by atoms with Crippen LogP contribution in [0, 0.1) is 18.8 Å². The lowest BCUT2D eigenvalue weighted by molar-refractivity contribution is 0.0955. The summed E-state index contributed by atoms with van der Waals surface area (Å²) in [6.07, 6.45) is 0. The summed E-state index contributed by atoms with van der Waals surface area (Å²) >= 11 is 0. The van der Waals surface area contributed by atoms with Gasteiger partial charge in [-0.1, -0.05) is 17.9 Å². The van der Waals surface area contributed by atoms with Crippen molar-refractivity contribution in [1.82, 2.24) is 10.0 Å². The molecule has 1 aromatic rings. The summed E-state index contributed by atoms with van der Waals surface area (Å²) < 4.78 is 24.7. The van der Waals surface area contributed by atoms with Gasteiger partial charge in [-0.15, -0.1) is 0 Å². The zero-order chi connectivity index (χ0) is 15.9. The second kappa shape index (κ2) is 7.78. The molecule has 0 unspecified atom stereocenters. The van der Waals surface area contributed by atoms with E-state index in [0.717, 1.165) is 5.56 Å². The molecule has 0 aliphatic carbocycles. The lowest BCUT2D eigenvalue weighted by Crippen LogP contribution is -2.33. The van der Waals surface area contributed by atoms with Crippen molar-refractivity contribution in [2.24, 2.45) is 0 Å². The standard InChI is InChI=1S/C14H18N2O4S/c1-11-5-6-12(4-3-8-17)10-13(11)14(18)16-7-9-21(19,20)15-2/h5-6,10,15,17H,7-9H2,1-2H3,(H,16,18). The molecule has 7 heteroatoms. The van der Waals surface area contributed by atoms with Crippen molar-refractivity contribution in [3.8, 4) is 11.8 Å². The highest BCUT2D eigenvalue weighted by Gasteiger charge is 2.11. The number of nitrogens with one attached hydrogen (secondary N) is 2. The predicted octanol–water partition coefficient (Wildman–Crippen LogP) is -0.382. The molecule has 21 heavy (non-hydrogen) atoms. The molecular weight excluding hydrogens is 292 g/mol. The van der Waals surface area contributed by atoms with Gasteiger partial charge in [-0.2, -0.15) is 0 Å². The van der Waals surface area contributed by atoms with Crippen LogP contribution < -0.4 is 10.0 Å². The maximum Gasteiger partial charge on any atom is 0.251 e. The van der Waals surface area contributed by atoms with E-state index < -0.39 is 10.0 Å². The van der Waals surface area contributed by atoms with E-state index in [9.17, 15) is 13.2 Å². The van der Waals surface area contributed by atoms with E-state index in [-0.39, 0.29) is 24.8 Å². The number of sulfonamides is 1. The van der Waals surface area contributed by atoms with E-state index in [0.29, 0.717) is 11.1 Å². The van der Waals surface area contributed by atoms with Gasteiger partial charge < -0.3 is 10.4 Å². The minimum absolute atomic E-state index is 0.0218. The van der Waals surface area contributed by atoms with E-state index in [2.05, 4.69) is 21.9 Å². The highest BCUT2D eigenvalue weighted by molar-refractivity contribution is 7.89. The Morgan fingerprint density at radius 1 is 1.38 bits per heavy atom. The maximum absolute atomic E-state index is 12.0. The maximum atomic E-state index is 12.0. The molecule has 0 bridgehead atoms. The minimum atomic E-state index is -3.34. The first-order valence-corrected chi connectivity index (χ1v) is 7.94. The molecule has 0 saturated heterocycles. The lowest BCUT2D eigenvalue weighted by atomic mass is 10.0. The molecule has 0 fully saturated rings. The molecule has 1 aromatic carbocycles. The van der Waals surface area contributed by atoms with Gasteiger partial charge in [-0.25, -0.2) is 13.1 Å². The Morgan fingerprint density at radius 2 is 2.10 bits per heavy atom. The van der Waals surface area contributed by atoms with Crippen LogP contribution in [0.25, 0.3) is 0 Å². The number of benzene rings is 1. The first-order valence-electron chi connectivity index (χ1n) is 6.29. The SMILES string of the molecule is CNS(=O)(=O)CCNC(=O)c1cc(C#CCO)ccc1C. The summed E-state index contributed by atoms with van der Waals surface area (Å²) in [5, 5.41) is 11.2. The lowest BCUT2D eigenvalue weighted by Gasteiger charge is -2.08. The van der Waals surface area contributed by atoms with Crippen LogP contribution in [0.2, 0.25) is 0 Å². The van der Waals surface area contributed by atoms with Gasteiger partial charge in [0, 0.05) is 17.7 Å². The van der Waals surface area contributed by atoms with Crippen molar-refractivity contribution >= 4 is 15.9 Å². The molecule has 1 rings (SSSR count). The minimum Gasteiger partial charge on any atom is -0.384 e. The van der Waals surface area contributed by atoms with Crippen LogP contribution in [0.1, 0.15) is 21.5 Å². The van der Waals surface area contributed by atoms with Crippen molar-refractivity contribution in [2.75, 3.05) is 26.0 Å². The Bertz CT molecular complexity index is 672. The van der Waals surface area contributed by atoms with Gasteiger partial charge in [0.15, 0.2) is 0 Å². The van der Waals surface area contributed by atoms with Gasteiger partial charge in [-0.05, 0) is 31.7 Å². The summed E-state index contributed by atoms with van der Waals surface area (Å²) in [6.45, 7) is 1.55. The Hall–Kier alpha value is -1.88. The summed E-state index contributed by atoms with van der Waals surface area (Å²) in [5.74, 6) is 4.69. The largest absolute Gasteiger partial charge is 0.384 e. The average molecular weight is 310 g/mol. The van der Waals surface area contributed by atoms with Crippen LogP contribution in [-0.4, -0.2) is 45.4 Å². The molecule has 0 radical (unpaired) electrons. The van der Waals surface area contributed by atoms with Gasteiger partial charge >= 0.3 is 0 Å². The zero-order valence-corrected chi connectivity index (χ0v) is 12.8. The highest BCUT2D eigenvalue weighted by Crippen LogP contribution is 2.10. The summed E-state index contributed by atoms with van der Waals surface area (Å²) in [5.41, 5.74) is 1.81. The number of aliphatic hydroxyl groups is 1. The number of amides is 1. The number of aryl methyl sites for hydroxylation is 1. The van der Waals surface area contributed by atoms with Crippen molar-refractivity contribution in [3.63, 3.8) is 0 Å². The Kier molecular flexibility index (Phi) is 6.37. The molecule has 0 aliphatic heterocycles. The van der Waals surface area contributed by atoms with Crippen LogP contribution in [0.5, 0.6) is 0 Å². The summed E-state index contributed by atoms with van der Waals surface area (Å²) in [6, 6.07) is 5.11. The van der Waals surface area contributed by atoms with Crippen molar-refractivity contribution in [1.29, 1.82) is 0 Å². The van der Waals surface area contributed by atoms with E-state index in [1.807, 2.05) is 0 Å². The third kappa shape index (κ3) is 5.55. The fourth-order valence-electron chi connectivity index (χ4n) is 1.58. The molecule has 6 nitrogen and oxygen atoms in total. The van der Waals surface area contributed by atoms with Crippen molar-refractivity contribution < 1.29 is 18.3 Å². The molecule has 114 valence electrons. The van der Waals surface area contributed by atoms with E-state index >= 15 is 0 Å². The van der Waals surface area contributed by atoms with E-state index in [1.54, 1.807) is 25.1 Å². The molecule has 0 spiro atoms. The monoisotopic (exact) mass is 310 g/mol. The number of hydrogen-bond acceptors (Lipinski definition) is 4. The summed E-state index contributed by atoms with van der Waals surface area (Å²) in [7, 11) is -2.02. The van der Waals surface area contributed by atoms with Crippen molar-refractivity contribution in [3.05, 3.63) is 34.9 Å². The molecule has 0 heterocycles. The first kappa shape index (κ1) is 17.2. The van der Waals surface area contributed by atoms with Gasteiger partial charge in [0.25, 0.3) is 5.91 Å². The zero-order valence-electron chi connectivity index (χ0n) is 11.9. The Morgan fingerprint density at radius 3 is 2.71 bits per heavy atom. The molecule has 1 amide bonds. The number of carbonyl (C=O) groups excluding carboxylic acids is 1. The van der Waals surface area contributed by atoms with Crippen LogP contribution in [0.3, 0.4) is 0 Å². The molecular formula is C14H18N2O4S. The molecule has 3 N–H and O–H groups in total. The molecule has 0 aromatic heterocycles. The number of hydrogen-bond donors (Lipinski definition) is 3. The van der Waals surface area contributed by atoms with Gasteiger partial charge in [0.2, 0.25) is 10.0 Å². The van der Waals surface area contributed by atoms with Crippen LogP contribution in [0.15, 0.2) is 18.2 Å². The Balaban J connectivity index is 2.78. The average Bonchev–Trinajstić information content (AvgIpc) is 2.46. The molecule has 0 saturated carbocycles. The van der Waals surface area contributed by atoms with Gasteiger partial charge in [0.1, 0.15) is 6.61 Å². The van der Waals surface area contributed by atoms with Gasteiger partial charge in [0.05, 0.1) is 5.75 Å². The van der Waals surface area contributed by atoms with E-state index in [1.165, 1.54) is 7.05 Å². The van der Waals surface area contributed by atoms with Crippen LogP contribution >= 0.6 is 0 Å². The van der Waals surface area contributed by atoms with Crippen molar-refractivity contribution in [2.45, 2.75) is 6.92 Å². The number of carbonyl (C=O) groups is 1. The fraction of sp³-hybridized carbons (Fsp3) is 0.357. The molecule has 0 aliphatic rings. The highest BCUT2D eigenvalue weighted by atomic mass is 32.2. The quantitative estimate of drug-likeness (QED) is 0.646. The third-order valence-corrected chi connectivity index (χ3v) is 4.12. The smallest absolute Gasteiger partial charge is 0.251 e. The molecule has 0 atom stereocenters. The second-order valence-electron chi connectivity index (χ2n) is 4.27.